The molecule has 25 heavy (non-hydrogen) atoms. The number of hydrogen-bond acceptors (Lipinski definition) is 6. The van der Waals surface area contributed by atoms with Gasteiger partial charge in [0.2, 0.25) is 0 Å². The Hall–Kier alpha value is -1.63. The maximum atomic E-state index is 12.9. The molecular weight excluding hydrogens is 322 g/mol. The van der Waals surface area contributed by atoms with Gasteiger partial charge in [-0.1, -0.05) is 6.07 Å². The molecule has 134 valence electrons. The van der Waals surface area contributed by atoms with Gasteiger partial charge in [-0.2, -0.15) is 0 Å². The van der Waals surface area contributed by atoms with Gasteiger partial charge < -0.3 is 24.2 Å². The summed E-state index contributed by atoms with van der Waals surface area (Å²) in [7, 11) is 5.23. The van der Waals surface area contributed by atoms with Gasteiger partial charge in [0, 0.05) is 25.1 Å². The van der Waals surface area contributed by atoms with E-state index in [1.54, 1.807) is 14.2 Å². The lowest BCUT2D eigenvalue weighted by Crippen LogP contribution is -2.80. The molecule has 1 saturated heterocycles. The molecule has 5 atom stereocenters. The maximum Gasteiger partial charge on any atom is 0.177 e. The van der Waals surface area contributed by atoms with Crippen molar-refractivity contribution < 1.29 is 24.1 Å². The Balaban J connectivity index is 1.86. The van der Waals surface area contributed by atoms with Crippen LogP contribution in [0.25, 0.3) is 0 Å². The van der Waals surface area contributed by atoms with Crippen molar-refractivity contribution >= 4 is 5.78 Å². The topological polar surface area (TPSA) is 68.2 Å². The molecule has 1 spiro atoms. The minimum atomic E-state index is -1.15. The molecule has 2 aliphatic heterocycles. The average Bonchev–Trinajstić information content (AvgIpc) is 2.96. The second kappa shape index (κ2) is 4.75. The Morgan fingerprint density at radius 3 is 2.84 bits per heavy atom. The monoisotopic (exact) mass is 345 g/mol. The third kappa shape index (κ3) is 1.51. The summed E-state index contributed by atoms with van der Waals surface area (Å²) in [6.07, 6.45) is 0.365. The smallest absolute Gasteiger partial charge is 0.177 e. The van der Waals surface area contributed by atoms with E-state index < -0.39 is 23.2 Å². The predicted molar refractivity (Wildman–Crippen MR) is 89.2 cm³/mol. The number of ketones is 1. The van der Waals surface area contributed by atoms with Crippen LogP contribution >= 0.6 is 0 Å². The zero-order valence-corrected chi connectivity index (χ0v) is 14.7. The summed E-state index contributed by atoms with van der Waals surface area (Å²) in [5.74, 6) is 1.27. The van der Waals surface area contributed by atoms with E-state index in [-0.39, 0.29) is 18.2 Å². The summed E-state index contributed by atoms with van der Waals surface area (Å²) in [5.41, 5.74) is 0.207. The summed E-state index contributed by atoms with van der Waals surface area (Å²) in [6, 6.07) is 3.86. The number of hydrogen-bond donors (Lipinski definition) is 1. The number of carbonyl (C=O) groups excluding carboxylic acids is 1. The van der Waals surface area contributed by atoms with Crippen molar-refractivity contribution in [1.29, 1.82) is 0 Å². The highest BCUT2D eigenvalue weighted by atomic mass is 16.5. The van der Waals surface area contributed by atoms with Crippen LogP contribution in [0.5, 0.6) is 11.5 Å². The SMILES string of the molecule is COc1ccc2c3c1O[C@H]1C(=O)C[C@@H](OC)[C@@]4(O)[C@@H](C2)N(C)CC[C@]314. The van der Waals surface area contributed by atoms with Crippen molar-refractivity contribution in [2.75, 3.05) is 27.8 Å². The Kier molecular flexibility index (Phi) is 2.97. The number of benzene rings is 1. The van der Waals surface area contributed by atoms with Gasteiger partial charge in [0.1, 0.15) is 5.60 Å². The van der Waals surface area contributed by atoms with Crippen LogP contribution < -0.4 is 9.47 Å². The van der Waals surface area contributed by atoms with Gasteiger partial charge in [-0.05, 0) is 38.1 Å². The lowest BCUT2D eigenvalue weighted by Gasteiger charge is -2.63. The van der Waals surface area contributed by atoms with Crippen molar-refractivity contribution in [2.45, 2.75) is 48.5 Å². The number of piperidine rings is 1. The highest BCUT2D eigenvalue weighted by Crippen LogP contribution is 2.65. The van der Waals surface area contributed by atoms with Crippen LogP contribution in [-0.4, -0.2) is 67.5 Å². The van der Waals surface area contributed by atoms with Crippen molar-refractivity contribution in [3.63, 3.8) is 0 Å². The second-order valence-electron chi connectivity index (χ2n) is 7.77. The number of ether oxygens (including phenoxy) is 3. The van der Waals surface area contributed by atoms with Gasteiger partial charge >= 0.3 is 0 Å². The Morgan fingerprint density at radius 2 is 2.12 bits per heavy atom. The molecule has 2 fully saturated rings. The third-order valence-electron chi connectivity index (χ3n) is 7.04. The van der Waals surface area contributed by atoms with E-state index in [9.17, 15) is 9.90 Å². The van der Waals surface area contributed by atoms with E-state index >= 15 is 0 Å². The van der Waals surface area contributed by atoms with Crippen LogP contribution in [0.2, 0.25) is 0 Å². The summed E-state index contributed by atoms with van der Waals surface area (Å²) in [6.45, 7) is 0.812. The van der Waals surface area contributed by atoms with E-state index in [2.05, 4.69) is 11.0 Å². The lowest BCUT2D eigenvalue weighted by atomic mass is 9.48. The number of Topliss-reactive ketones (excluding diaryl/α,β-unsaturated/α-hetero) is 1. The summed E-state index contributed by atoms with van der Waals surface area (Å²) in [4.78, 5) is 15.1. The molecule has 1 aromatic carbocycles. The number of methoxy groups -OCH3 is 2. The van der Waals surface area contributed by atoms with E-state index in [1.807, 2.05) is 13.1 Å². The van der Waals surface area contributed by atoms with Crippen LogP contribution in [-0.2, 0) is 21.4 Å². The maximum absolute atomic E-state index is 12.9. The van der Waals surface area contributed by atoms with Gasteiger partial charge in [0.15, 0.2) is 23.4 Å². The molecule has 6 heteroatoms. The van der Waals surface area contributed by atoms with Crippen LogP contribution in [0, 0.1) is 0 Å². The quantitative estimate of drug-likeness (QED) is 0.850. The first kappa shape index (κ1) is 15.6. The first-order valence-electron chi connectivity index (χ1n) is 8.84. The first-order valence-corrected chi connectivity index (χ1v) is 8.84. The third-order valence-corrected chi connectivity index (χ3v) is 7.04. The van der Waals surface area contributed by atoms with E-state index in [1.165, 1.54) is 0 Å². The Morgan fingerprint density at radius 1 is 1.32 bits per heavy atom. The number of rotatable bonds is 2. The number of aliphatic hydroxyl groups is 1. The van der Waals surface area contributed by atoms with Crippen LogP contribution in [0.1, 0.15) is 24.0 Å². The molecule has 6 nitrogen and oxygen atoms in total. The minimum Gasteiger partial charge on any atom is -0.493 e. The molecule has 4 aliphatic rings. The normalized spacial score (nSPS) is 41.3. The van der Waals surface area contributed by atoms with Gasteiger partial charge in [-0.15, -0.1) is 0 Å². The summed E-state index contributed by atoms with van der Waals surface area (Å²) in [5, 5.41) is 12.1. The fourth-order valence-corrected chi connectivity index (χ4v) is 5.97. The second-order valence-corrected chi connectivity index (χ2v) is 7.77. The lowest BCUT2D eigenvalue weighted by molar-refractivity contribution is -0.232. The van der Waals surface area contributed by atoms with Gasteiger partial charge in [0.25, 0.3) is 0 Å². The molecule has 1 aromatic rings. The van der Waals surface area contributed by atoms with Crippen molar-refractivity contribution in [1.82, 2.24) is 4.90 Å². The van der Waals surface area contributed by atoms with E-state index in [0.29, 0.717) is 24.3 Å². The Labute approximate surface area is 146 Å². The highest BCUT2D eigenvalue weighted by Gasteiger charge is 2.76. The minimum absolute atomic E-state index is 0.00549. The van der Waals surface area contributed by atoms with Gasteiger partial charge in [-0.25, -0.2) is 0 Å². The predicted octanol–water partition coefficient (Wildman–Crippen LogP) is 0.673. The first-order chi connectivity index (χ1) is 12.0. The number of carbonyl (C=O) groups is 1. The molecule has 1 N–H and O–H groups in total. The molecule has 0 aromatic heterocycles. The highest BCUT2D eigenvalue weighted by molar-refractivity contribution is 5.90. The fraction of sp³-hybridized carbons (Fsp3) is 0.632. The molecule has 0 amide bonds. The van der Waals surface area contributed by atoms with Crippen LogP contribution in [0.3, 0.4) is 0 Å². The molecule has 2 aliphatic carbocycles. The molecule has 5 rings (SSSR count). The Bertz CT molecular complexity index is 779. The molecule has 0 unspecified atom stereocenters. The number of nitrogens with zero attached hydrogens (tertiary/aromatic N) is 1. The van der Waals surface area contributed by atoms with E-state index in [0.717, 1.165) is 17.7 Å². The van der Waals surface area contributed by atoms with Gasteiger partial charge in [0.05, 0.1) is 18.6 Å². The largest absolute Gasteiger partial charge is 0.493 e. The molecule has 2 heterocycles. The fourth-order valence-electron chi connectivity index (χ4n) is 5.97. The van der Waals surface area contributed by atoms with E-state index in [4.69, 9.17) is 14.2 Å². The summed E-state index contributed by atoms with van der Waals surface area (Å²) < 4.78 is 17.4. The van der Waals surface area contributed by atoms with Crippen molar-refractivity contribution in [3.8, 4) is 11.5 Å². The molecular formula is C19H23NO5. The van der Waals surface area contributed by atoms with Crippen molar-refractivity contribution in [3.05, 3.63) is 23.3 Å². The van der Waals surface area contributed by atoms with Crippen LogP contribution in [0.4, 0.5) is 0 Å². The molecule has 1 saturated carbocycles. The van der Waals surface area contributed by atoms with Crippen molar-refractivity contribution in [2.24, 2.45) is 0 Å². The number of likely N-dealkylation sites (tertiary alicyclic amines) is 1. The summed E-state index contributed by atoms with van der Waals surface area (Å²) >= 11 is 0. The molecule has 0 radical (unpaired) electrons. The number of likely N-dealkylation sites (N-methyl/N-ethyl adjacent to an activating group) is 1. The zero-order chi connectivity index (χ0) is 17.6. The van der Waals surface area contributed by atoms with Crippen LogP contribution in [0.15, 0.2) is 12.1 Å². The molecule has 2 bridgehead atoms. The van der Waals surface area contributed by atoms with Gasteiger partial charge in [-0.3, -0.25) is 4.79 Å². The average molecular weight is 345 g/mol. The zero-order valence-electron chi connectivity index (χ0n) is 14.7. The standard InChI is InChI=1S/C19H23NO5/c1-20-7-6-18-15-10-4-5-12(23-2)16(15)25-17(18)11(21)9-14(24-3)19(18,22)13(20)8-10/h4-5,13-14,17,22H,6-9H2,1-3H3/t13-,14-,17+,18+,19+/m1/s1.